The number of primary amides is 1. The Morgan fingerprint density at radius 2 is 1.90 bits per heavy atom. The van der Waals surface area contributed by atoms with E-state index >= 15 is 0 Å². The second-order valence-corrected chi connectivity index (χ2v) is 5.51. The van der Waals surface area contributed by atoms with Crippen LogP contribution in [0.4, 0.5) is 5.69 Å². The lowest BCUT2D eigenvalue weighted by molar-refractivity contribution is -0.129. The van der Waals surface area contributed by atoms with Gasteiger partial charge >= 0.3 is 0 Å². The van der Waals surface area contributed by atoms with E-state index in [-0.39, 0.29) is 24.3 Å². The zero-order valence-corrected chi connectivity index (χ0v) is 12.3. The average Bonchev–Trinajstić information content (AvgIpc) is 2.93. The molecule has 2 rings (SSSR count). The summed E-state index contributed by atoms with van der Waals surface area (Å²) in [6.07, 6.45) is 4.40. The minimum Gasteiger partial charge on any atom is -0.369 e. The topological polar surface area (TPSA) is 81.4 Å². The third-order valence-corrected chi connectivity index (χ3v) is 3.67. The van der Waals surface area contributed by atoms with E-state index in [4.69, 9.17) is 10.5 Å². The van der Waals surface area contributed by atoms with Gasteiger partial charge in [0.25, 0.3) is 5.91 Å². The number of hydrogen-bond donors (Lipinski definition) is 2. The number of carbonyl (C=O) groups is 2. The molecular formula is C16H22N2O3. The lowest BCUT2D eigenvalue weighted by atomic mass is 10.1. The Kier molecular flexibility index (Phi) is 5.33. The van der Waals surface area contributed by atoms with E-state index in [0.29, 0.717) is 5.69 Å². The standard InChI is InChI=1S/C16H22N2O3/c1-11(21-14-4-2-3-5-14)16(20)18-13-8-6-12(7-9-13)10-15(17)19/h6-9,11,14H,2-5,10H2,1H3,(H2,17,19)(H,18,20)/t11-/m1/s1. The molecule has 0 spiro atoms. The van der Waals surface area contributed by atoms with Gasteiger partial charge in [0.05, 0.1) is 12.5 Å². The molecule has 2 amide bonds. The second-order valence-electron chi connectivity index (χ2n) is 5.51. The molecule has 1 aromatic rings. The number of anilines is 1. The highest BCUT2D eigenvalue weighted by Gasteiger charge is 2.22. The summed E-state index contributed by atoms with van der Waals surface area (Å²) in [5.41, 5.74) is 6.65. The smallest absolute Gasteiger partial charge is 0.253 e. The summed E-state index contributed by atoms with van der Waals surface area (Å²) >= 11 is 0. The van der Waals surface area contributed by atoms with Crippen molar-refractivity contribution in [3.05, 3.63) is 29.8 Å². The van der Waals surface area contributed by atoms with E-state index in [1.54, 1.807) is 31.2 Å². The van der Waals surface area contributed by atoms with Crippen molar-refractivity contribution in [3.8, 4) is 0 Å². The van der Waals surface area contributed by atoms with Gasteiger partial charge in [-0.15, -0.1) is 0 Å². The van der Waals surface area contributed by atoms with Gasteiger partial charge in [-0.2, -0.15) is 0 Å². The van der Waals surface area contributed by atoms with Gasteiger partial charge in [-0.25, -0.2) is 0 Å². The molecule has 0 heterocycles. The second kappa shape index (κ2) is 7.22. The Labute approximate surface area is 124 Å². The zero-order chi connectivity index (χ0) is 15.2. The van der Waals surface area contributed by atoms with Crippen LogP contribution in [0.5, 0.6) is 0 Å². The molecule has 5 heteroatoms. The summed E-state index contributed by atoms with van der Waals surface area (Å²) in [5, 5.41) is 2.82. The van der Waals surface area contributed by atoms with Gasteiger partial charge in [0.2, 0.25) is 5.91 Å². The number of nitrogens with two attached hydrogens (primary N) is 1. The highest BCUT2D eigenvalue weighted by molar-refractivity contribution is 5.93. The SMILES string of the molecule is C[C@@H](OC1CCCC1)C(=O)Nc1ccc(CC(N)=O)cc1. The molecule has 0 unspecified atom stereocenters. The Hall–Kier alpha value is -1.88. The number of ether oxygens (including phenoxy) is 1. The van der Waals surface area contributed by atoms with Crippen LogP contribution in [-0.4, -0.2) is 24.0 Å². The largest absolute Gasteiger partial charge is 0.369 e. The third-order valence-electron chi connectivity index (χ3n) is 3.67. The number of benzene rings is 1. The number of rotatable bonds is 6. The van der Waals surface area contributed by atoms with Crippen LogP contribution in [0.2, 0.25) is 0 Å². The van der Waals surface area contributed by atoms with Crippen molar-refractivity contribution in [1.82, 2.24) is 0 Å². The van der Waals surface area contributed by atoms with Crippen molar-refractivity contribution >= 4 is 17.5 Å². The van der Waals surface area contributed by atoms with Gasteiger partial charge in [0.15, 0.2) is 0 Å². The van der Waals surface area contributed by atoms with Crippen molar-refractivity contribution in [3.63, 3.8) is 0 Å². The molecule has 1 aromatic carbocycles. The van der Waals surface area contributed by atoms with Crippen molar-refractivity contribution in [1.29, 1.82) is 0 Å². The number of carbonyl (C=O) groups excluding carboxylic acids is 2. The van der Waals surface area contributed by atoms with E-state index in [1.807, 2.05) is 0 Å². The number of hydrogen-bond acceptors (Lipinski definition) is 3. The fourth-order valence-corrected chi connectivity index (χ4v) is 2.53. The van der Waals surface area contributed by atoms with Crippen LogP contribution in [0.25, 0.3) is 0 Å². The summed E-state index contributed by atoms with van der Waals surface area (Å²) in [6, 6.07) is 7.09. The predicted molar refractivity (Wildman–Crippen MR) is 80.8 cm³/mol. The van der Waals surface area contributed by atoms with E-state index in [9.17, 15) is 9.59 Å². The maximum absolute atomic E-state index is 12.1. The lowest BCUT2D eigenvalue weighted by Crippen LogP contribution is -2.30. The summed E-state index contributed by atoms with van der Waals surface area (Å²) in [6.45, 7) is 1.77. The molecule has 114 valence electrons. The Morgan fingerprint density at radius 1 is 1.29 bits per heavy atom. The van der Waals surface area contributed by atoms with Crippen molar-refractivity contribution < 1.29 is 14.3 Å². The van der Waals surface area contributed by atoms with Crippen molar-refractivity contribution in [2.75, 3.05) is 5.32 Å². The number of amides is 2. The van der Waals surface area contributed by atoms with Crippen LogP contribution in [0, 0.1) is 0 Å². The van der Waals surface area contributed by atoms with Crippen LogP contribution in [0.3, 0.4) is 0 Å². The third kappa shape index (κ3) is 4.86. The monoisotopic (exact) mass is 290 g/mol. The summed E-state index contributed by atoms with van der Waals surface area (Å²) < 4.78 is 5.75. The normalized spacial score (nSPS) is 16.6. The first-order chi connectivity index (χ1) is 10.0. The molecule has 3 N–H and O–H groups in total. The number of nitrogens with one attached hydrogen (secondary N) is 1. The average molecular weight is 290 g/mol. The van der Waals surface area contributed by atoms with Gasteiger partial charge in [0, 0.05) is 5.69 Å². The molecule has 0 saturated heterocycles. The van der Waals surface area contributed by atoms with Gasteiger partial charge in [-0.1, -0.05) is 25.0 Å². The van der Waals surface area contributed by atoms with E-state index in [1.165, 1.54) is 12.8 Å². The molecule has 0 bridgehead atoms. The molecule has 1 fully saturated rings. The molecule has 1 saturated carbocycles. The summed E-state index contributed by atoms with van der Waals surface area (Å²) in [4.78, 5) is 22.9. The fourth-order valence-electron chi connectivity index (χ4n) is 2.53. The van der Waals surface area contributed by atoms with E-state index < -0.39 is 6.10 Å². The van der Waals surface area contributed by atoms with Crippen molar-refractivity contribution in [2.24, 2.45) is 5.73 Å². The quantitative estimate of drug-likeness (QED) is 0.840. The van der Waals surface area contributed by atoms with Crippen LogP contribution in [-0.2, 0) is 20.7 Å². The first-order valence-electron chi connectivity index (χ1n) is 7.38. The Bertz CT molecular complexity index is 493. The van der Waals surface area contributed by atoms with Gasteiger partial charge in [-0.3, -0.25) is 9.59 Å². The van der Waals surface area contributed by atoms with Crippen LogP contribution >= 0.6 is 0 Å². The maximum atomic E-state index is 12.1. The fraction of sp³-hybridized carbons (Fsp3) is 0.500. The molecule has 0 aliphatic heterocycles. The Balaban J connectivity index is 1.84. The molecular weight excluding hydrogens is 268 g/mol. The molecule has 1 atom stereocenters. The van der Waals surface area contributed by atoms with Crippen LogP contribution in [0.15, 0.2) is 24.3 Å². The zero-order valence-electron chi connectivity index (χ0n) is 12.3. The lowest BCUT2D eigenvalue weighted by Gasteiger charge is -2.18. The predicted octanol–water partition coefficient (Wildman–Crippen LogP) is 2.00. The first kappa shape index (κ1) is 15.5. The summed E-state index contributed by atoms with van der Waals surface area (Å²) in [5.74, 6) is -0.519. The van der Waals surface area contributed by atoms with E-state index in [0.717, 1.165) is 18.4 Å². The molecule has 5 nitrogen and oxygen atoms in total. The highest BCUT2D eigenvalue weighted by Crippen LogP contribution is 2.22. The van der Waals surface area contributed by atoms with Crippen LogP contribution < -0.4 is 11.1 Å². The maximum Gasteiger partial charge on any atom is 0.253 e. The van der Waals surface area contributed by atoms with Crippen LogP contribution in [0.1, 0.15) is 38.2 Å². The van der Waals surface area contributed by atoms with Gasteiger partial charge in [-0.05, 0) is 37.5 Å². The Morgan fingerprint density at radius 3 is 2.48 bits per heavy atom. The van der Waals surface area contributed by atoms with E-state index in [2.05, 4.69) is 5.32 Å². The minimum atomic E-state index is -0.460. The van der Waals surface area contributed by atoms with Gasteiger partial charge < -0.3 is 15.8 Å². The highest BCUT2D eigenvalue weighted by atomic mass is 16.5. The molecule has 0 aromatic heterocycles. The summed E-state index contributed by atoms with van der Waals surface area (Å²) in [7, 11) is 0. The van der Waals surface area contributed by atoms with Gasteiger partial charge in [0.1, 0.15) is 6.10 Å². The molecule has 1 aliphatic rings. The minimum absolute atomic E-state index is 0.149. The van der Waals surface area contributed by atoms with Crippen molar-refractivity contribution in [2.45, 2.75) is 51.2 Å². The molecule has 21 heavy (non-hydrogen) atoms. The first-order valence-corrected chi connectivity index (χ1v) is 7.38. The molecule has 1 aliphatic carbocycles. The molecule has 0 radical (unpaired) electrons.